The van der Waals surface area contributed by atoms with Gasteiger partial charge in [-0.05, 0) is 37.7 Å². The van der Waals surface area contributed by atoms with Crippen molar-refractivity contribution >= 4 is 6.03 Å². The Hall–Kier alpha value is -1.85. The summed E-state index contributed by atoms with van der Waals surface area (Å²) in [4.78, 5) is 25.1. The molecule has 1 saturated heterocycles. The lowest BCUT2D eigenvalue weighted by Crippen LogP contribution is -2.42. The van der Waals surface area contributed by atoms with Gasteiger partial charge in [-0.2, -0.15) is 5.10 Å². The van der Waals surface area contributed by atoms with Crippen LogP contribution in [0.4, 0.5) is 4.79 Å². The van der Waals surface area contributed by atoms with Crippen molar-refractivity contribution in [1.29, 1.82) is 0 Å². The van der Waals surface area contributed by atoms with Gasteiger partial charge in [0.1, 0.15) is 0 Å². The lowest BCUT2D eigenvalue weighted by atomic mass is 10.0. The molecule has 116 valence electrons. The predicted molar refractivity (Wildman–Crippen MR) is 80.9 cm³/mol. The number of likely N-dealkylation sites (tertiary alicyclic amines) is 1. The van der Waals surface area contributed by atoms with Crippen molar-refractivity contribution in [3.63, 3.8) is 0 Å². The molecule has 1 aliphatic heterocycles. The van der Waals surface area contributed by atoms with E-state index in [0.717, 1.165) is 32.2 Å². The zero-order valence-electron chi connectivity index (χ0n) is 12.8. The molecule has 1 aliphatic rings. The zero-order valence-corrected chi connectivity index (χ0v) is 12.8. The largest absolute Gasteiger partial charge is 0.332 e. The number of nitrogens with one attached hydrogen (secondary N) is 2. The molecule has 1 aromatic heterocycles. The van der Waals surface area contributed by atoms with Crippen LogP contribution in [0.15, 0.2) is 16.9 Å². The van der Waals surface area contributed by atoms with Crippen LogP contribution in [0.3, 0.4) is 0 Å². The number of amides is 2. The lowest BCUT2D eigenvalue weighted by molar-refractivity contribution is 0.187. The average molecular weight is 292 g/mol. The molecule has 2 heterocycles. The number of nitrogens with zero attached hydrogens (tertiary/aromatic N) is 2. The summed E-state index contributed by atoms with van der Waals surface area (Å²) in [5.74, 6) is 0.667. The minimum atomic E-state index is -0.238. The molecule has 6 nitrogen and oxygen atoms in total. The first-order valence-electron chi connectivity index (χ1n) is 7.65. The van der Waals surface area contributed by atoms with Crippen LogP contribution in [0, 0.1) is 5.92 Å². The van der Waals surface area contributed by atoms with Crippen molar-refractivity contribution in [3.05, 3.63) is 28.2 Å². The van der Waals surface area contributed by atoms with Gasteiger partial charge < -0.3 is 10.2 Å². The van der Waals surface area contributed by atoms with Crippen molar-refractivity contribution in [2.75, 3.05) is 6.54 Å². The number of carbonyl (C=O) groups excluding carboxylic acids is 1. The molecule has 0 bridgehead atoms. The van der Waals surface area contributed by atoms with Crippen molar-refractivity contribution < 1.29 is 4.79 Å². The summed E-state index contributed by atoms with van der Waals surface area (Å²) in [5, 5.41) is 9.13. The number of hydrogen-bond donors (Lipinski definition) is 2. The maximum Gasteiger partial charge on any atom is 0.317 e. The van der Waals surface area contributed by atoms with Gasteiger partial charge in [-0.3, -0.25) is 4.79 Å². The first kappa shape index (κ1) is 15.5. The Morgan fingerprint density at radius 3 is 3.00 bits per heavy atom. The van der Waals surface area contributed by atoms with Gasteiger partial charge in [0.2, 0.25) is 0 Å². The summed E-state index contributed by atoms with van der Waals surface area (Å²) >= 11 is 0. The highest BCUT2D eigenvalue weighted by Gasteiger charge is 2.28. The summed E-state index contributed by atoms with van der Waals surface area (Å²) in [7, 11) is 0. The number of aromatic nitrogens is 2. The van der Waals surface area contributed by atoms with Crippen molar-refractivity contribution in [1.82, 2.24) is 20.4 Å². The van der Waals surface area contributed by atoms with Gasteiger partial charge in [-0.15, -0.1) is 0 Å². The van der Waals surface area contributed by atoms with Gasteiger partial charge in [0.05, 0.1) is 12.2 Å². The molecule has 2 N–H and O–H groups in total. The molecular weight excluding hydrogens is 268 g/mol. The number of urea groups is 1. The fourth-order valence-corrected chi connectivity index (χ4v) is 2.67. The molecule has 1 fully saturated rings. The molecule has 6 heteroatoms. The molecule has 0 aliphatic carbocycles. The number of rotatable bonds is 5. The molecular formula is C15H24N4O2. The molecule has 0 saturated carbocycles. The van der Waals surface area contributed by atoms with E-state index in [-0.39, 0.29) is 11.6 Å². The van der Waals surface area contributed by atoms with Gasteiger partial charge in [-0.25, -0.2) is 9.89 Å². The van der Waals surface area contributed by atoms with Gasteiger partial charge in [-0.1, -0.05) is 13.8 Å². The SMILES string of the molecule is CC(C)CCC1CCCN1C(=O)NCc1ccc(=O)[nH]n1. The van der Waals surface area contributed by atoms with Gasteiger partial charge in [0.25, 0.3) is 5.56 Å². The Bertz CT molecular complexity index is 506. The first-order chi connectivity index (χ1) is 10.1. The minimum absolute atomic E-state index is 0.0331. The Kier molecular flexibility index (Phi) is 5.36. The third-order valence-electron chi connectivity index (χ3n) is 3.87. The van der Waals surface area contributed by atoms with Crippen molar-refractivity contribution in [2.45, 2.75) is 52.1 Å². The highest BCUT2D eigenvalue weighted by molar-refractivity contribution is 5.74. The van der Waals surface area contributed by atoms with Crippen LogP contribution in [-0.2, 0) is 6.54 Å². The standard InChI is InChI=1S/C15H24N4O2/c1-11(2)5-7-13-4-3-9-19(13)15(21)16-10-12-6-8-14(20)18-17-12/h6,8,11,13H,3-5,7,9-10H2,1-2H3,(H,16,21)(H,18,20). The van der Waals surface area contributed by atoms with E-state index in [2.05, 4.69) is 29.4 Å². The quantitative estimate of drug-likeness (QED) is 0.869. The smallest absolute Gasteiger partial charge is 0.317 e. The van der Waals surface area contributed by atoms with E-state index in [1.54, 1.807) is 6.07 Å². The normalized spacial score (nSPS) is 18.2. The fourth-order valence-electron chi connectivity index (χ4n) is 2.67. The van der Waals surface area contributed by atoms with Crippen LogP contribution < -0.4 is 10.9 Å². The van der Waals surface area contributed by atoms with Crippen LogP contribution in [0.25, 0.3) is 0 Å². The second kappa shape index (κ2) is 7.24. The van der Waals surface area contributed by atoms with E-state index in [1.165, 1.54) is 6.07 Å². The van der Waals surface area contributed by atoms with E-state index < -0.39 is 0 Å². The summed E-state index contributed by atoms with van der Waals surface area (Å²) < 4.78 is 0. The van der Waals surface area contributed by atoms with E-state index in [4.69, 9.17) is 0 Å². The predicted octanol–water partition coefficient (Wildman–Crippen LogP) is 1.88. The van der Waals surface area contributed by atoms with Crippen LogP contribution in [-0.4, -0.2) is 33.7 Å². The number of carbonyl (C=O) groups is 1. The second-order valence-electron chi connectivity index (χ2n) is 6.03. The Balaban J connectivity index is 1.84. The maximum atomic E-state index is 12.3. The number of hydrogen-bond acceptors (Lipinski definition) is 3. The molecule has 2 amide bonds. The Morgan fingerprint density at radius 2 is 2.33 bits per heavy atom. The summed E-state index contributed by atoms with van der Waals surface area (Å²) in [6.07, 6.45) is 4.39. The zero-order chi connectivity index (χ0) is 15.2. The van der Waals surface area contributed by atoms with Gasteiger partial charge in [0, 0.05) is 18.7 Å². The Labute approximate surface area is 124 Å². The Morgan fingerprint density at radius 1 is 1.52 bits per heavy atom. The van der Waals surface area contributed by atoms with Crippen LogP contribution >= 0.6 is 0 Å². The second-order valence-corrected chi connectivity index (χ2v) is 6.03. The highest BCUT2D eigenvalue weighted by atomic mass is 16.2. The number of aromatic amines is 1. The molecule has 1 unspecified atom stereocenters. The van der Waals surface area contributed by atoms with Crippen molar-refractivity contribution in [3.8, 4) is 0 Å². The summed E-state index contributed by atoms with van der Waals surface area (Å²) in [6, 6.07) is 3.36. The third-order valence-corrected chi connectivity index (χ3v) is 3.87. The third kappa shape index (κ3) is 4.58. The highest BCUT2D eigenvalue weighted by Crippen LogP contribution is 2.23. The molecule has 1 atom stereocenters. The van der Waals surface area contributed by atoms with Crippen LogP contribution in [0.5, 0.6) is 0 Å². The van der Waals surface area contributed by atoms with E-state index >= 15 is 0 Å². The maximum absolute atomic E-state index is 12.3. The number of H-pyrrole nitrogens is 1. The monoisotopic (exact) mass is 292 g/mol. The first-order valence-corrected chi connectivity index (χ1v) is 7.65. The summed E-state index contributed by atoms with van der Waals surface area (Å²) in [6.45, 7) is 5.58. The van der Waals surface area contributed by atoms with Crippen molar-refractivity contribution in [2.24, 2.45) is 5.92 Å². The van der Waals surface area contributed by atoms with E-state index in [1.807, 2.05) is 4.90 Å². The molecule has 2 rings (SSSR count). The minimum Gasteiger partial charge on any atom is -0.332 e. The molecule has 1 aromatic rings. The van der Waals surface area contributed by atoms with Crippen LogP contribution in [0.2, 0.25) is 0 Å². The lowest BCUT2D eigenvalue weighted by Gasteiger charge is -2.25. The average Bonchev–Trinajstić information content (AvgIpc) is 2.92. The van der Waals surface area contributed by atoms with Crippen LogP contribution in [0.1, 0.15) is 45.2 Å². The van der Waals surface area contributed by atoms with E-state index in [0.29, 0.717) is 24.2 Å². The molecule has 0 aromatic carbocycles. The van der Waals surface area contributed by atoms with Gasteiger partial charge in [0.15, 0.2) is 0 Å². The molecule has 0 spiro atoms. The van der Waals surface area contributed by atoms with E-state index in [9.17, 15) is 9.59 Å². The molecule has 0 radical (unpaired) electrons. The van der Waals surface area contributed by atoms with Gasteiger partial charge >= 0.3 is 6.03 Å². The molecule has 21 heavy (non-hydrogen) atoms. The fraction of sp³-hybridized carbons (Fsp3) is 0.667. The topological polar surface area (TPSA) is 78.1 Å². The summed E-state index contributed by atoms with van der Waals surface area (Å²) in [5.41, 5.74) is 0.416.